The van der Waals surface area contributed by atoms with Crippen molar-refractivity contribution in [3.8, 4) is 0 Å². The van der Waals surface area contributed by atoms with Crippen LogP contribution < -0.4 is 0 Å². The lowest BCUT2D eigenvalue weighted by Gasteiger charge is -2.33. The summed E-state index contributed by atoms with van der Waals surface area (Å²) in [5.41, 5.74) is 0. The highest BCUT2D eigenvalue weighted by Crippen LogP contribution is 2.56. The van der Waals surface area contributed by atoms with E-state index < -0.39 is 48.9 Å². The molecule has 0 bridgehead atoms. The lowest BCUT2D eigenvalue weighted by molar-refractivity contribution is 0.114. The second-order valence-electron chi connectivity index (χ2n) is 15.1. The van der Waals surface area contributed by atoms with Gasteiger partial charge in [0.05, 0.1) is 13.2 Å². The standard InChI is InChI=1S/C19H43O4PSi.C9H27O4PSi3.3CH4/c1-8-12-14-18(10-3)16-21-24(20,23-25(5,6)7)22-17-19(11-4)15-13-9-2;1-15(2,3)11-14(10,12-16(4,5)6)13-17(7,8)9;;;/h18-19H,8-17H2,1-7H3;1-9H3;3*1H4. The first-order chi connectivity index (χ1) is 18.8. The van der Waals surface area contributed by atoms with Crippen LogP contribution >= 0.6 is 15.6 Å². The van der Waals surface area contributed by atoms with Crippen LogP contribution in [0, 0.1) is 11.8 Å². The quantitative estimate of drug-likeness (QED) is 0.0797. The second kappa shape index (κ2) is 25.1. The highest BCUT2D eigenvalue weighted by Gasteiger charge is 2.41. The van der Waals surface area contributed by atoms with Crippen molar-refractivity contribution in [1.82, 2.24) is 0 Å². The van der Waals surface area contributed by atoms with Gasteiger partial charge in [-0.25, -0.2) is 9.13 Å². The molecule has 0 aliphatic rings. The van der Waals surface area contributed by atoms with Crippen molar-refractivity contribution in [2.45, 2.75) is 180 Å². The summed E-state index contributed by atoms with van der Waals surface area (Å²) in [5.74, 6) is 0.841. The topological polar surface area (TPSA) is 89.5 Å². The molecule has 0 aliphatic carbocycles. The molecule has 0 N–H and O–H groups in total. The van der Waals surface area contributed by atoms with Gasteiger partial charge in [-0.1, -0.05) is 88.5 Å². The first-order valence-corrected chi connectivity index (χ1v) is 32.7. The largest absolute Gasteiger partial charge is 0.464 e. The molecule has 2 atom stereocenters. The molecular formula is C31H82O8P2Si4. The van der Waals surface area contributed by atoms with E-state index in [1.165, 1.54) is 25.7 Å². The molecule has 0 aliphatic heterocycles. The Kier molecular flexibility index (Phi) is 31.0. The van der Waals surface area contributed by atoms with Gasteiger partial charge in [0.1, 0.15) is 0 Å². The highest BCUT2D eigenvalue weighted by molar-refractivity contribution is 7.53. The van der Waals surface area contributed by atoms with Crippen LogP contribution in [0.4, 0.5) is 0 Å². The lowest BCUT2D eigenvalue weighted by Crippen LogP contribution is -2.34. The monoisotopic (exact) mass is 756 g/mol. The van der Waals surface area contributed by atoms with E-state index in [0.29, 0.717) is 25.0 Å². The Balaban J connectivity index is -0.000000236. The first kappa shape index (κ1) is 55.5. The number of phosphoric ester groups is 1. The van der Waals surface area contributed by atoms with Gasteiger partial charge in [0.25, 0.3) is 0 Å². The summed E-state index contributed by atoms with van der Waals surface area (Å²) in [7, 11) is -14.8. The van der Waals surface area contributed by atoms with E-state index in [2.05, 4.69) is 27.7 Å². The van der Waals surface area contributed by atoms with Crippen molar-refractivity contribution in [2.75, 3.05) is 13.2 Å². The van der Waals surface area contributed by atoms with Gasteiger partial charge in [0.15, 0.2) is 33.3 Å². The minimum Gasteiger partial charge on any atom is -0.331 e. The van der Waals surface area contributed by atoms with E-state index in [9.17, 15) is 9.13 Å². The fourth-order valence-corrected chi connectivity index (χ4v) is 17.1. The van der Waals surface area contributed by atoms with Gasteiger partial charge in [0, 0.05) is 0 Å². The van der Waals surface area contributed by atoms with Crippen LogP contribution in [0.1, 0.15) is 101 Å². The third-order valence-electron chi connectivity index (χ3n) is 5.57. The Morgan fingerprint density at radius 1 is 0.467 bits per heavy atom. The van der Waals surface area contributed by atoms with E-state index in [-0.39, 0.29) is 22.3 Å². The zero-order chi connectivity index (χ0) is 33.5. The van der Waals surface area contributed by atoms with Crippen molar-refractivity contribution in [3.63, 3.8) is 0 Å². The summed E-state index contributed by atoms with van der Waals surface area (Å²) in [6, 6.07) is 0. The van der Waals surface area contributed by atoms with Crippen LogP contribution in [0.25, 0.3) is 0 Å². The van der Waals surface area contributed by atoms with E-state index in [4.69, 9.17) is 25.9 Å². The normalized spacial score (nSPS) is 15.3. The molecule has 2 unspecified atom stereocenters. The van der Waals surface area contributed by atoms with Crippen LogP contribution in [0.3, 0.4) is 0 Å². The van der Waals surface area contributed by atoms with E-state index in [1.807, 2.05) is 78.6 Å². The summed E-state index contributed by atoms with van der Waals surface area (Å²) in [4.78, 5) is 0. The zero-order valence-corrected chi connectivity index (χ0v) is 36.2. The summed E-state index contributed by atoms with van der Waals surface area (Å²) in [5, 5.41) is 0. The third kappa shape index (κ3) is 34.7. The first-order valence-electron chi connectivity index (χ1n) is 16.1. The molecule has 0 radical (unpaired) electrons. The van der Waals surface area contributed by atoms with Crippen LogP contribution in [0.15, 0.2) is 0 Å². The maximum atomic E-state index is 13.2. The number of rotatable bonds is 22. The summed E-state index contributed by atoms with van der Waals surface area (Å²) >= 11 is 0. The van der Waals surface area contributed by atoms with E-state index in [1.54, 1.807) is 0 Å². The summed E-state index contributed by atoms with van der Waals surface area (Å²) in [6.45, 7) is 33.6. The molecule has 0 spiro atoms. The van der Waals surface area contributed by atoms with Gasteiger partial charge in [-0.05, 0) is 103 Å². The fraction of sp³-hybridized carbons (Fsp3) is 1.00. The number of hydrogen-bond acceptors (Lipinski definition) is 8. The molecule has 0 aromatic rings. The third-order valence-corrected chi connectivity index (χ3v) is 18.8. The van der Waals surface area contributed by atoms with Crippen molar-refractivity contribution < 1.29 is 35.0 Å². The molecule has 0 heterocycles. The molecule has 45 heavy (non-hydrogen) atoms. The molecule has 0 aromatic carbocycles. The fourth-order valence-electron chi connectivity index (χ4n) is 3.68. The number of hydrogen-bond donors (Lipinski definition) is 0. The average molecular weight is 757 g/mol. The van der Waals surface area contributed by atoms with Crippen LogP contribution in [-0.2, 0) is 35.0 Å². The van der Waals surface area contributed by atoms with Crippen LogP contribution in [-0.4, -0.2) is 46.5 Å². The van der Waals surface area contributed by atoms with Gasteiger partial charge >= 0.3 is 15.6 Å². The van der Waals surface area contributed by atoms with Crippen molar-refractivity contribution >= 4 is 48.9 Å². The van der Waals surface area contributed by atoms with E-state index in [0.717, 1.165) is 25.7 Å². The summed E-state index contributed by atoms with van der Waals surface area (Å²) in [6.07, 6.45) is 8.97. The molecule has 0 amide bonds. The zero-order valence-electron chi connectivity index (χ0n) is 30.4. The Morgan fingerprint density at radius 3 is 0.911 bits per heavy atom. The predicted octanol–water partition coefficient (Wildman–Crippen LogP) is 14.0. The maximum Gasteiger partial charge on any atom is 0.464 e. The average Bonchev–Trinajstić information content (AvgIpc) is 2.74. The van der Waals surface area contributed by atoms with E-state index >= 15 is 0 Å². The Morgan fingerprint density at radius 2 is 0.711 bits per heavy atom. The minimum atomic E-state index is -3.48. The Bertz CT molecular complexity index is 736. The molecule has 8 nitrogen and oxygen atoms in total. The van der Waals surface area contributed by atoms with Crippen molar-refractivity contribution in [3.05, 3.63) is 0 Å². The molecule has 0 saturated heterocycles. The van der Waals surface area contributed by atoms with Crippen LogP contribution in [0.2, 0.25) is 78.6 Å². The maximum absolute atomic E-state index is 13.2. The Hall–Kier alpha value is 1.09. The SMILES string of the molecule is C.C.C.CCCCC(CC)COP(=O)(OCC(CC)CCCC)O[Si](C)(C)C.C[Si](C)(C)OP(=O)(O[Si](C)(C)C)O[Si](C)(C)C. The van der Waals surface area contributed by atoms with Crippen molar-refractivity contribution in [1.29, 1.82) is 0 Å². The predicted molar refractivity (Wildman–Crippen MR) is 212 cm³/mol. The van der Waals surface area contributed by atoms with Gasteiger partial charge < -0.3 is 16.9 Å². The minimum absolute atomic E-state index is 0. The van der Waals surface area contributed by atoms with Crippen LogP contribution in [0.5, 0.6) is 0 Å². The summed E-state index contributed by atoms with van der Waals surface area (Å²) < 4.78 is 60.4. The number of phosphoric acid groups is 2. The number of unbranched alkanes of at least 4 members (excludes halogenated alkanes) is 2. The molecule has 0 saturated carbocycles. The molecule has 0 aromatic heterocycles. The van der Waals surface area contributed by atoms with Gasteiger partial charge in [-0.15, -0.1) is 0 Å². The molecule has 0 rings (SSSR count). The van der Waals surface area contributed by atoms with Gasteiger partial charge in [0.2, 0.25) is 0 Å². The molecular weight excluding hydrogens is 675 g/mol. The molecule has 280 valence electrons. The Labute approximate surface area is 288 Å². The van der Waals surface area contributed by atoms with Crippen molar-refractivity contribution in [2.24, 2.45) is 11.8 Å². The molecule has 14 heteroatoms. The smallest absolute Gasteiger partial charge is 0.331 e. The molecule has 0 fully saturated rings. The lowest BCUT2D eigenvalue weighted by atomic mass is 10.0. The van der Waals surface area contributed by atoms with Gasteiger partial charge in [-0.3, -0.25) is 9.05 Å². The second-order valence-corrected chi connectivity index (χ2v) is 37.3. The van der Waals surface area contributed by atoms with Gasteiger partial charge in [-0.2, -0.15) is 0 Å². The highest BCUT2D eigenvalue weighted by atomic mass is 31.2.